The van der Waals surface area contributed by atoms with Crippen molar-refractivity contribution in [1.82, 2.24) is 0 Å². The van der Waals surface area contributed by atoms with E-state index < -0.39 is 0 Å². The Labute approximate surface area is 71.0 Å². The van der Waals surface area contributed by atoms with Gasteiger partial charge in [0.25, 0.3) is 0 Å². The third-order valence-corrected chi connectivity index (χ3v) is 1.58. The topological polar surface area (TPSA) is 0 Å². The summed E-state index contributed by atoms with van der Waals surface area (Å²) in [7, 11) is 0. The highest BCUT2D eigenvalue weighted by atomic mass is 13.9. The molecule has 0 aromatic heterocycles. The summed E-state index contributed by atoms with van der Waals surface area (Å²) >= 11 is 0. The van der Waals surface area contributed by atoms with Gasteiger partial charge in [-0.05, 0) is 31.8 Å². The molecule has 0 aliphatic carbocycles. The zero-order valence-corrected chi connectivity index (χ0v) is 7.60. The molecule has 0 aromatic carbocycles. The Hall–Kier alpha value is -0.520. The van der Waals surface area contributed by atoms with Gasteiger partial charge >= 0.3 is 0 Å². The van der Waals surface area contributed by atoms with Crippen molar-refractivity contribution >= 4 is 0 Å². The summed E-state index contributed by atoms with van der Waals surface area (Å²) in [6.07, 6.45) is 14.6. The summed E-state index contributed by atoms with van der Waals surface area (Å²) in [6, 6.07) is 0. The predicted octanol–water partition coefficient (Wildman–Crippen LogP) is 3.89. The van der Waals surface area contributed by atoms with Crippen LogP contribution < -0.4 is 0 Å². The fraction of sp³-hybridized carbons (Fsp3) is 0.636. The van der Waals surface area contributed by atoms with Crippen LogP contribution in [0.15, 0.2) is 18.7 Å². The molecule has 11 heavy (non-hydrogen) atoms. The van der Waals surface area contributed by atoms with Crippen LogP contribution in [0, 0.1) is 6.08 Å². The Bertz CT molecular complexity index is 101. The standard InChI is InChI=1S/C11H19/c1-3-5-7-9-11-10-8-6-4-2/h3,10H,1,4-9H2,2H3. The van der Waals surface area contributed by atoms with Gasteiger partial charge in [0.15, 0.2) is 0 Å². The molecule has 0 bridgehead atoms. The first-order valence-electron chi connectivity index (χ1n) is 4.57. The van der Waals surface area contributed by atoms with Gasteiger partial charge in [0.2, 0.25) is 0 Å². The molecule has 0 N–H and O–H groups in total. The third kappa shape index (κ3) is 9.48. The van der Waals surface area contributed by atoms with Crippen molar-refractivity contribution < 1.29 is 0 Å². The molecule has 0 aliphatic rings. The minimum absolute atomic E-state index is 1.09. The quantitative estimate of drug-likeness (QED) is 0.382. The Balaban J connectivity index is 2.97. The second-order valence-corrected chi connectivity index (χ2v) is 2.73. The first-order chi connectivity index (χ1) is 5.41. The van der Waals surface area contributed by atoms with Gasteiger partial charge in [-0.25, -0.2) is 0 Å². The molecule has 0 rings (SSSR count). The largest absolute Gasteiger partial charge is 0.103 e. The van der Waals surface area contributed by atoms with Crippen LogP contribution >= 0.6 is 0 Å². The van der Waals surface area contributed by atoms with Crippen molar-refractivity contribution in [2.75, 3.05) is 0 Å². The molecule has 0 fully saturated rings. The summed E-state index contributed by atoms with van der Waals surface area (Å²) in [5.74, 6) is 0. The number of rotatable bonds is 7. The van der Waals surface area contributed by atoms with Gasteiger partial charge in [-0.1, -0.05) is 31.9 Å². The van der Waals surface area contributed by atoms with Gasteiger partial charge in [0.1, 0.15) is 0 Å². The lowest BCUT2D eigenvalue weighted by Gasteiger charge is -1.89. The lowest BCUT2D eigenvalue weighted by Crippen LogP contribution is -1.70. The summed E-state index contributed by atoms with van der Waals surface area (Å²) < 4.78 is 0. The van der Waals surface area contributed by atoms with Crippen LogP contribution in [0.4, 0.5) is 0 Å². The Kier molecular flexibility index (Phi) is 9.03. The molecular formula is C11H19. The number of hydrogen-bond donors (Lipinski definition) is 0. The molecule has 0 saturated heterocycles. The van der Waals surface area contributed by atoms with Crippen molar-refractivity contribution in [3.8, 4) is 0 Å². The Morgan fingerprint density at radius 3 is 2.73 bits per heavy atom. The summed E-state index contributed by atoms with van der Waals surface area (Å²) in [6.45, 7) is 5.88. The van der Waals surface area contributed by atoms with Crippen molar-refractivity contribution in [2.24, 2.45) is 0 Å². The zero-order chi connectivity index (χ0) is 8.36. The van der Waals surface area contributed by atoms with Crippen LogP contribution in [0.3, 0.4) is 0 Å². The van der Waals surface area contributed by atoms with Crippen molar-refractivity contribution in [2.45, 2.75) is 45.4 Å². The molecule has 0 saturated carbocycles. The first kappa shape index (κ1) is 10.5. The van der Waals surface area contributed by atoms with E-state index in [-0.39, 0.29) is 0 Å². The number of allylic oxidation sites excluding steroid dienone is 3. The second kappa shape index (κ2) is 9.48. The predicted molar refractivity (Wildman–Crippen MR) is 51.4 cm³/mol. The van der Waals surface area contributed by atoms with Gasteiger partial charge in [0, 0.05) is 0 Å². The fourth-order valence-electron chi connectivity index (χ4n) is 0.859. The van der Waals surface area contributed by atoms with Crippen molar-refractivity contribution in [3.63, 3.8) is 0 Å². The Morgan fingerprint density at radius 1 is 1.27 bits per heavy atom. The fourth-order valence-corrected chi connectivity index (χ4v) is 0.859. The van der Waals surface area contributed by atoms with E-state index in [1.165, 1.54) is 25.7 Å². The molecule has 0 aliphatic heterocycles. The van der Waals surface area contributed by atoms with Crippen LogP contribution in [0.1, 0.15) is 45.4 Å². The van der Waals surface area contributed by atoms with Crippen LogP contribution in [0.25, 0.3) is 0 Å². The van der Waals surface area contributed by atoms with Crippen LogP contribution in [-0.4, -0.2) is 0 Å². The molecule has 1 radical (unpaired) electrons. The molecule has 0 amide bonds. The molecule has 0 heteroatoms. The molecule has 0 spiro atoms. The van der Waals surface area contributed by atoms with E-state index in [2.05, 4.69) is 25.7 Å². The summed E-state index contributed by atoms with van der Waals surface area (Å²) in [4.78, 5) is 0. The van der Waals surface area contributed by atoms with E-state index in [4.69, 9.17) is 0 Å². The van der Waals surface area contributed by atoms with E-state index in [0.717, 1.165) is 12.8 Å². The van der Waals surface area contributed by atoms with E-state index in [9.17, 15) is 0 Å². The number of hydrogen-bond acceptors (Lipinski definition) is 0. The van der Waals surface area contributed by atoms with E-state index in [1.54, 1.807) is 0 Å². The number of unbranched alkanes of at least 4 members (excludes halogenated alkanes) is 4. The summed E-state index contributed by atoms with van der Waals surface area (Å²) in [5.41, 5.74) is 0. The van der Waals surface area contributed by atoms with Crippen LogP contribution in [0.5, 0.6) is 0 Å². The second-order valence-electron chi connectivity index (χ2n) is 2.73. The smallest absolute Gasteiger partial charge is 0.0276 e. The summed E-state index contributed by atoms with van der Waals surface area (Å²) in [5, 5.41) is 0. The average Bonchev–Trinajstić information content (AvgIpc) is 2.03. The Morgan fingerprint density at radius 2 is 2.09 bits per heavy atom. The van der Waals surface area contributed by atoms with E-state index in [1.807, 2.05) is 6.08 Å². The zero-order valence-electron chi connectivity index (χ0n) is 7.60. The minimum Gasteiger partial charge on any atom is -0.103 e. The average molecular weight is 151 g/mol. The minimum atomic E-state index is 1.09. The molecule has 0 aromatic rings. The first-order valence-corrected chi connectivity index (χ1v) is 4.57. The van der Waals surface area contributed by atoms with Gasteiger partial charge in [0.05, 0.1) is 0 Å². The van der Waals surface area contributed by atoms with Gasteiger partial charge in [-0.3, -0.25) is 0 Å². The maximum Gasteiger partial charge on any atom is -0.0276 e. The van der Waals surface area contributed by atoms with E-state index in [0.29, 0.717) is 0 Å². The molecule has 63 valence electrons. The molecule has 0 atom stereocenters. The lowest BCUT2D eigenvalue weighted by atomic mass is 10.2. The SMILES string of the molecule is C=CCCC/[C]=C/CCCC. The van der Waals surface area contributed by atoms with Gasteiger partial charge in [-0.15, -0.1) is 6.58 Å². The molecular weight excluding hydrogens is 132 g/mol. The normalized spacial score (nSPS) is 10.6. The van der Waals surface area contributed by atoms with Crippen LogP contribution in [0.2, 0.25) is 0 Å². The highest BCUT2D eigenvalue weighted by Crippen LogP contribution is 1.99. The maximum absolute atomic E-state index is 3.67. The van der Waals surface area contributed by atoms with Crippen molar-refractivity contribution in [3.05, 3.63) is 24.8 Å². The van der Waals surface area contributed by atoms with Gasteiger partial charge in [-0.2, -0.15) is 0 Å². The van der Waals surface area contributed by atoms with Gasteiger partial charge < -0.3 is 0 Å². The molecule has 0 heterocycles. The lowest BCUT2D eigenvalue weighted by molar-refractivity contribution is 0.800. The highest BCUT2D eigenvalue weighted by molar-refractivity contribution is 4.75. The highest BCUT2D eigenvalue weighted by Gasteiger charge is 1.80. The molecule has 0 nitrogen and oxygen atoms in total. The molecule has 0 unspecified atom stereocenters. The van der Waals surface area contributed by atoms with Crippen LogP contribution in [-0.2, 0) is 0 Å². The maximum atomic E-state index is 3.67. The van der Waals surface area contributed by atoms with E-state index >= 15 is 0 Å². The third-order valence-electron chi connectivity index (χ3n) is 1.58. The van der Waals surface area contributed by atoms with Crippen molar-refractivity contribution in [1.29, 1.82) is 0 Å². The monoisotopic (exact) mass is 151 g/mol.